The van der Waals surface area contributed by atoms with Crippen LogP contribution in [0.25, 0.3) is 0 Å². The highest BCUT2D eigenvalue weighted by atomic mass is 16.5. The zero-order valence-corrected chi connectivity index (χ0v) is 13.4. The van der Waals surface area contributed by atoms with Crippen molar-refractivity contribution in [2.24, 2.45) is 0 Å². The van der Waals surface area contributed by atoms with E-state index in [0.717, 1.165) is 18.7 Å². The Balaban J connectivity index is 1.46. The average Bonchev–Trinajstić information content (AvgIpc) is 3.27. The Morgan fingerprint density at radius 1 is 1.38 bits per heavy atom. The van der Waals surface area contributed by atoms with Gasteiger partial charge in [0, 0.05) is 24.4 Å². The minimum Gasteiger partial charge on any atom is -0.478 e. The maximum absolute atomic E-state index is 12.0. The summed E-state index contributed by atoms with van der Waals surface area (Å²) in [6, 6.07) is 4.74. The van der Waals surface area contributed by atoms with Crippen LogP contribution in [-0.2, 0) is 11.2 Å². The lowest BCUT2D eigenvalue weighted by Gasteiger charge is -2.07. The number of rotatable bonds is 7. The highest BCUT2D eigenvalue weighted by molar-refractivity contribution is 5.93. The van der Waals surface area contributed by atoms with E-state index in [4.69, 9.17) is 9.63 Å². The Morgan fingerprint density at radius 3 is 2.83 bits per heavy atom. The zero-order chi connectivity index (χ0) is 17.1. The maximum atomic E-state index is 12.0. The number of aromatic nitrogens is 2. The van der Waals surface area contributed by atoms with E-state index in [0.29, 0.717) is 42.3 Å². The van der Waals surface area contributed by atoms with Gasteiger partial charge in [-0.15, -0.1) is 0 Å². The van der Waals surface area contributed by atoms with E-state index in [9.17, 15) is 9.59 Å². The Kier molecular flexibility index (Phi) is 4.59. The normalized spacial score (nSPS) is 13.7. The van der Waals surface area contributed by atoms with Crippen molar-refractivity contribution in [3.05, 3.63) is 41.0 Å². The summed E-state index contributed by atoms with van der Waals surface area (Å²) in [5.41, 5.74) is 1.44. The largest absolute Gasteiger partial charge is 0.478 e. The van der Waals surface area contributed by atoms with Crippen molar-refractivity contribution in [1.29, 1.82) is 0 Å². The van der Waals surface area contributed by atoms with Crippen LogP contribution in [0.1, 0.15) is 59.2 Å². The molecular weight excluding hydrogens is 310 g/mol. The zero-order valence-electron chi connectivity index (χ0n) is 13.4. The number of aryl methyl sites for hydroxylation is 2. The van der Waals surface area contributed by atoms with Gasteiger partial charge in [0.2, 0.25) is 11.8 Å². The van der Waals surface area contributed by atoms with Crippen molar-refractivity contribution in [3.63, 3.8) is 0 Å². The minimum atomic E-state index is -0.976. The van der Waals surface area contributed by atoms with Crippen LogP contribution in [-0.4, -0.2) is 27.1 Å². The number of hydrogen-bond donors (Lipinski definition) is 2. The molecule has 7 nitrogen and oxygen atoms in total. The van der Waals surface area contributed by atoms with Crippen LogP contribution in [0, 0.1) is 6.92 Å². The van der Waals surface area contributed by atoms with Gasteiger partial charge in [-0.2, -0.15) is 4.98 Å². The number of hydrogen-bond acceptors (Lipinski definition) is 5. The first kappa shape index (κ1) is 16.2. The van der Waals surface area contributed by atoms with Crippen molar-refractivity contribution >= 4 is 17.6 Å². The van der Waals surface area contributed by atoms with Gasteiger partial charge in [0.25, 0.3) is 0 Å². The quantitative estimate of drug-likeness (QED) is 0.809. The fourth-order valence-corrected chi connectivity index (χ4v) is 2.48. The summed E-state index contributed by atoms with van der Waals surface area (Å²) in [4.78, 5) is 27.3. The van der Waals surface area contributed by atoms with Crippen LogP contribution < -0.4 is 5.32 Å². The van der Waals surface area contributed by atoms with Crippen LogP contribution in [0.4, 0.5) is 5.69 Å². The lowest BCUT2D eigenvalue weighted by Crippen LogP contribution is -2.12. The fourth-order valence-electron chi connectivity index (χ4n) is 2.48. The molecule has 0 atom stereocenters. The molecule has 2 N–H and O–H groups in total. The van der Waals surface area contributed by atoms with Gasteiger partial charge in [0.15, 0.2) is 5.82 Å². The summed E-state index contributed by atoms with van der Waals surface area (Å²) in [5.74, 6) is 0.715. The van der Waals surface area contributed by atoms with E-state index in [1.54, 1.807) is 19.1 Å². The molecule has 0 unspecified atom stereocenters. The second-order valence-electron chi connectivity index (χ2n) is 6.06. The number of benzene rings is 1. The van der Waals surface area contributed by atoms with Gasteiger partial charge in [-0.3, -0.25) is 4.79 Å². The van der Waals surface area contributed by atoms with Gasteiger partial charge < -0.3 is 14.9 Å². The number of carboxylic acid groups (broad SMARTS) is 1. The van der Waals surface area contributed by atoms with Gasteiger partial charge >= 0.3 is 5.97 Å². The number of amides is 1. The molecule has 3 rings (SSSR count). The van der Waals surface area contributed by atoms with Crippen LogP contribution in [0.3, 0.4) is 0 Å². The van der Waals surface area contributed by atoms with E-state index in [2.05, 4.69) is 15.5 Å². The molecule has 126 valence electrons. The average molecular weight is 329 g/mol. The second kappa shape index (κ2) is 6.82. The summed E-state index contributed by atoms with van der Waals surface area (Å²) in [6.07, 6.45) is 3.78. The summed E-state index contributed by atoms with van der Waals surface area (Å²) >= 11 is 0. The highest BCUT2D eigenvalue weighted by Crippen LogP contribution is 2.38. The number of carboxylic acids is 1. The molecule has 2 aromatic rings. The molecule has 0 saturated heterocycles. The molecule has 1 aliphatic rings. The summed E-state index contributed by atoms with van der Waals surface area (Å²) in [5, 5.41) is 15.7. The van der Waals surface area contributed by atoms with Crippen molar-refractivity contribution < 1.29 is 19.2 Å². The molecule has 1 heterocycles. The predicted molar refractivity (Wildman–Crippen MR) is 86.0 cm³/mol. The van der Waals surface area contributed by atoms with Gasteiger partial charge in [-0.1, -0.05) is 5.16 Å². The molecule has 24 heavy (non-hydrogen) atoms. The van der Waals surface area contributed by atoms with Crippen molar-refractivity contribution in [2.75, 3.05) is 5.32 Å². The van der Waals surface area contributed by atoms with E-state index in [1.165, 1.54) is 6.07 Å². The molecule has 1 amide bonds. The molecule has 7 heteroatoms. The Labute approximate surface area is 139 Å². The van der Waals surface area contributed by atoms with Gasteiger partial charge in [0.05, 0.1) is 5.56 Å². The SMILES string of the molecule is Cc1cc(NC(=O)CCCc2nc(C3CC3)no2)ccc1C(=O)O. The Bertz CT molecular complexity index is 765. The number of anilines is 1. The van der Waals surface area contributed by atoms with Crippen molar-refractivity contribution in [2.45, 2.75) is 44.9 Å². The van der Waals surface area contributed by atoms with Gasteiger partial charge in [-0.05, 0) is 49.9 Å². The molecule has 1 saturated carbocycles. The number of aromatic carboxylic acids is 1. The Morgan fingerprint density at radius 2 is 2.17 bits per heavy atom. The molecule has 1 fully saturated rings. The summed E-state index contributed by atoms with van der Waals surface area (Å²) in [7, 11) is 0. The van der Waals surface area contributed by atoms with Crippen LogP contribution in [0.5, 0.6) is 0 Å². The minimum absolute atomic E-state index is 0.126. The highest BCUT2D eigenvalue weighted by Gasteiger charge is 2.28. The third-order valence-electron chi connectivity index (χ3n) is 3.96. The fraction of sp³-hybridized carbons (Fsp3) is 0.412. The molecule has 0 aliphatic heterocycles. The number of carbonyl (C=O) groups is 2. The van der Waals surface area contributed by atoms with E-state index in [-0.39, 0.29) is 11.5 Å². The second-order valence-corrected chi connectivity index (χ2v) is 6.06. The third-order valence-corrected chi connectivity index (χ3v) is 3.96. The Hall–Kier alpha value is -2.70. The molecule has 1 aliphatic carbocycles. The monoisotopic (exact) mass is 329 g/mol. The van der Waals surface area contributed by atoms with Crippen LogP contribution in [0.15, 0.2) is 22.7 Å². The first-order valence-corrected chi connectivity index (χ1v) is 7.99. The maximum Gasteiger partial charge on any atom is 0.335 e. The van der Waals surface area contributed by atoms with Crippen LogP contribution in [0.2, 0.25) is 0 Å². The molecule has 0 radical (unpaired) electrons. The van der Waals surface area contributed by atoms with E-state index < -0.39 is 5.97 Å². The third kappa shape index (κ3) is 3.98. The smallest absolute Gasteiger partial charge is 0.335 e. The molecular formula is C17H19N3O4. The number of carbonyl (C=O) groups excluding carboxylic acids is 1. The first-order valence-electron chi connectivity index (χ1n) is 7.99. The first-order chi connectivity index (χ1) is 11.5. The molecule has 1 aromatic carbocycles. The topological polar surface area (TPSA) is 105 Å². The van der Waals surface area contributed by atoms with Gasteiger partial charge in [0.1, 0.15) is 0 Å². The lowest BCUT2D eigenvalue weighted by atomic mass is 10.1. The van der Waals surface area contributed by atoms with Crippen molar-refractivity contribution in [1.82, 2.24) is 10.1 Å². The van der Waals surface area contributed by atoms with Crippen molar-refractivity contribution in [3.8, 4) is 0 Å². The number of nitrogens with zero attached hydrogens (tertiary/aromatic N) is 2. The lowest BCUT2D eigenvalue weighted by molar-refractivity contribution is -0.116. The summed E-state index contributed by atoms with van der Waals surface area (Å²) < 4.78 is 5.17. The number of nitrogens with one attached hydrogen (secondary N) is 1. The van der Waals surface area contributed by atoms with Gasteiger partial charge in [-0.25, -0.2) is 4.79 Å². The molecule has 1 aromatic heterocycles. The summed E-state index contributed by atoms with van der Waals surface area (Å²) in [6.45, 7) is 1.70. The predicted octanol–water partition coefficient (Wildman–Crippen LogP) is 2.92. The van der Waals surface area contributed by atoms with E-state index in [1.807, 2.05) is 0 Å². The molecule has 0 spiro atoms. The van der Waals surface area contributed by atoms with E-state index >= 15 is 0 Å². The standard InChI is InChI=1S/C17H19N3O4/c1-10-9-12(7-8-13(10)17(22)23)18-14(21)3-2-4-15-19-16(20-24-15)11-5-6-11/h7-9,11H,2-6H2,1H3,(H,18,21)(H,22,23). The van der Waals surface area contributed by atoms with Crippen LogP contribution >= 0.6 is 0 Å². The molecule has 0 bridgehead atoms.